The van der Waals surface area contributed by atoms with E-state index in [2.05, 4.69) is 16.4 Å². The zero-order valence-corrected chi connectivity index (χ0v) is 13.3. The predicted molar refractivity (Wildman–Crippen MR) is 87.0 cm³/mol. The molecule has 0 saturated heterocycles. The van der Waals surface area contributed by atoms with Gasteiger partial charge in [-0.25, -0.2) is 0 Å². The maximum atomic E-state index is 9.88. The van der Waals surface area contributed by atoms with E-state index in [4.69, 9.17) is 11.6 Å². The first-order valence-electron chi connectivity index (χ1n) is 6.94. The molecule has 0 fully saturated rings. The van der Waals surface area contributed by atoms with Crippen molar-refractivity contribution in [2.45, 2.75) is 30.8 Å². The fraction of sp³-hybridized carbons (Fsp3) is 0.312. The molecule has 2 N–H and O–H groups in total. The van der Waals surface area contributed by atoms with E-state index in [0.717, 1.165) is 22.9 Å². The summed E-state index contributed by atoms with van der Waals surface area (Å²) in [6.07, 6.45) is 1.05. The van der Waals surface area contributed by atoms with Gasteiger partial charge in [0.1, 0.15) is 5.75 Å². The average molecular weight is 321 g/mol. The number of benzene rings is 1. The van der Waals surface area contributed by atoms with Crippen LogP contribution in [0.2, 0.25) is 5.02 Å². The van der Waals surface area contributed by atoms with E-state index in [9.17, 15) is 5.11 Å². The Morgan fingerprint density at radius 2 is 2.24 bits per heavy atom. The average Bonchev–Trinajstić information content (AvgIpc) is 2.48. The number of pyridine rings is 1. The minimum absolute atomic E-state index is 0.240. The number of aryl methyl sites for hydroxylation is 1. The standard InChI is InChI=1S/C16H17ClN2OS/c1-10-2-4-15(20)14(19-10)9-18-13-6-7-21-16-5-3-11(17)8-12(13)16/h2-5,8,13,18,20H,6-7,9H2,1H3. The van der Waals surface area contributed by atoms with Gasteiger partial charge in [-0.2, -0.15) is 0 Å². The number of aromatic nitrogens is 1. The highest BCUT2D eigenvalue weighted by molar-refractivity contribution is 7.99. The molecule has 1 atom stereocenters. The number of nitrogens with zero attached hydrogens (tertiary/aromatic N) is 1. The van der Waals surface area contributed by atoms with Crippen LogP contribution in [0.3, 0.4) is 0 Å². The highest BCUT2D eigenvalue weighted by atomic mass is 35.5. The fourth-order valence-electron chi connectivity index (χ4n) is 2.53. The van der Waals surface area contributed by atoms with Crippen molar-refractivity contribution in [1.82, 2.24) is 10.3 Å². The van der Waals surface area contributed by atoms with E-state index >= 15 is 0 Å². The van der Waals surface area contributed by atoms with E-state index < -0.39 is 0 Å². The summed E-state index contributed by atoms with van der Waals surface area (Å²) in [5, 5.41) is 14.1. The third kappa shape index (κ3) is 3.34. The second-order valence-corrected chi connectivity index (χ2v) is 6.74. The van der Waals surface area contributed by atoms with Crippen molar-refractivity contribution in [3.63, 3.8) is 0 Å². The molecule has 2 aromatic rings. The van der Waals surface area contributed by atoms with Crippen molar-refractivity contribution in [3.05, 3.63) is 52.3 Å². The fourth-order valence-corrected chi connectivity index (χ4v) is 3.82. The van der Waals surface area contributed by atoms with E-state index in [-0.39, 0.29) is 11.8 Å². The number of hydrogen-bond acceptors (Lipinski definition) is 4. The monoisotopic (exact) mass is 320 g/mol. The van der Waals surface area contributed by atoms with Gasteiger partial charge in [0.05, 0.1) is 5.69 Å². The Morgan fingerprint density at radius 3 is 3.10 bits per heavy atom. The number of halogens is 1. The van der Waals surface area contributed by atoms with Gasteiger partial charge in [-0.15, -0.1) is 11.8 Å². The largest absolute Gasteiger partial charge is 0.506 e. The van der Waals surface area contributed by atoms with E-state index in [0.29, 0.717) is 12.2 Å². The van der Waals surface area contributed by atoms with Crippen LogP contribution >= 0.6 is 23.4 Å². The zero-order valence-electron chi connectivity index (χ0n) is 11.8. The van der Waals surface area contributed by atoms with Crippen LogP contribution in [0.25, 0.3) is 0 Å². The van der Waals surface area contributed by atoms with Gasteiger partial charge >= 0.3 is 0 Å². The molecule has 2 heterocycles. The molecular formula is C16H17ClN2OS. The van der Waals surface area contributed by atoms with Gasteiger partial charge < -0.3 is 10.4 Å². The molecule has 1 aliphatic heterocycles. The number of hydrogen-bond donors (Lipinski definition) is 2. The topological polar surface area (TPSA) is 45.1 Å². The van der Waals surface area contributed by atoms with Crippen molar-refractivity contribution in [2.75, 3.05) is 5.75 Å². The summed E-state index contributed by atoms with van der Waals surface area (Å²) in [7, 11) is 0. The van der Waals surface area contributed by atoms with Crippen LogP contribution in [0, 0.1) is 6.92 Å². The third-order valence-corrected chi connectivity index (χ3v) is 4.97. The van der Waals surface area contributed by atoms with Crippen molar-refractivity contribution in [1.29, 1.82) is 0 Å². The molecule has 110 valence electrons. The van der Waals surface area contributed by atoms with Gasteiger partial charge in [0, 0.05) is 28.2 Å². The first kappa shape index (κ1) is 14.7. The summed E-state index contributed by atoms with van der Waals surface area (Å²) in [5.41, 5.74) is 2.84. The van der Waals surface area contributed by atoms with Crippen molar-refractivity contribution < 1.29 is 5.11 Å². The van der Waals surface area contributed by atoms with Gasteiger partial charge in [-0.05, 0) is 55.0 Å². The molecular weight excluding hydrogens is 304 g/mol. The molecule has 3 nitrogen and oxygen atoms in total. The maximum Gasteiger partial charge on any atom is 0.138 e. The molecule has 0 radical (unpaired) electrons. The molecule has 0 spiro atoms. The highest BCUT2D eigenvalue weighted by Crippen LogP contribution is 2.37. The van der Waals surface area contributed by atoms with Crippen LogP contribution in [0.5, 0.6) is 5.75 Å². The Balaban J connectivity index is 1.78. The molecule has 0 saturated carbocycles. The molecule has 0 aliphatic carbocycles. The second kappa shape index (κ2) is 6.26. The van der Waals surface area contributed by atoms with Gasteiger partial charge in [-0.1, -0.05) is 11.6 Å². The summed E-state index contributed by atoms with van der Waals surface area (Å²) in [6, 6.07) is 9.81. The maximum absolute atomic E-state index is 9.88. The number of thioether (sulfide) groups is 1. The smallest absolute Gasteiger partial charge is 0.138 e. The Bertz CT molecular complexity index is 663. The summed E-state index contributed by atoms with van der Waals surface area (Å²) >= 11 is 7.98. The number of rotatable bonds is 3. The summed E-state index contributed by atoms with van der Waals surface area (Å²) < 4.78 is 0. The Morgan fingerprint density at radius 1 is 1.38 bits per heavy atom. The van der Waals surface area contributed by atoms with Crippen molar-refractivity contribution in [3.8, 4) is 5.75 Å². The van der Waals surface area contributed by atoms with Crippen LogP contribution in [0.1, 0.15) is 29.4 Å². The minimum atomic E-state index is 0.240. The van der Waals surface area contributed by atoms with E-state index in [1.165, 1.54) is 10.5 Å². The quantitative estimate of drug-likeness (QED) is 0.894. The van der Waals surface area contributed by atoms with E-state index in [1.54, 1.807) is 6.07 Å². The molecule has 3 rings (SSSR count). The lowest BCUT2D eigenvalue weighted by Crippen LogP contribution is -2.24. The number of nitrogens with one attached hydrogen (secondary N) is 1. The first-order valence-corrected chi connectivity index (χ1v) is 8.31. The van der Waals surface area contributed by atoms with Crippen molar-refractivity contribution in [2.24, 2.45) is 0 Å². The molecule has 21 heavy (non-hydrogen) atoms. The molecule has 1 aliphatic rings. The van der Waals surface area contributed by atoms with Crippen molar-refractivity contribution >= 4 is 23.4 Å². The molecule has 5 heteroatoms. The molecule has 0 bridgehead atoms. The van der Waals surface area contributed by atoms with Crippen LogP contribution in [0.4, 0.5) is 0 Å². The zero-order chi connectivity index (χ0) is 14.8. The molecule has 1 unspecified atom stereocenters. The SMILES string of the molecule is Cc1ccc(O)c(CNC2CCSc3ccc(Cl)cc32)n1. The lowest BCUT2D eigenvalue weighted by molar-refractivity contribution is 0.447. The Labute approximate surface area is 133 Å². The number of fused-ring (bicyclic) bond motifs is 1. The number of aromatic hydroxyl groups is 1. The van der Waals surface area contributed by atoms with Gasteiger partial charge in [0.2, 0.25) is 0 Å². The summed E-state index contributed by atoms with van der Waals surface area (Å²) in [5.74, 6) is 1.32. The lowest BCUT2D eigenvalue weighted by atomic mass is 10.0. The van der Waals surface area contributed by atoms with Crippen LogP contribution in [-0.2, 0) is 6.54 Å². The van der Waals surface area contributed by atoms with Gasteiger partial charge in [-0.3, -0.25) is 4.98 Å². The Hall–Kier alpha value is -1.23. The van der Waals surface area contributed by atoms with Crippen LogP contribution in [-0.4, -0.2) is 15.8 Å². The summed E-state index contributed by atoms with van der Waals surface area (Å²) in [6.45, 7) is 2.48. The lowest BCUT2D eigenvalue weighted by Gasteiger charge is -2.26. The van der Waals surface area contributed by atoms with Crippen LogP contribution in [0.15, 0.2) is 35.2 Å². The van der Waals surface area contributed by atoms with Crippen LogP contribution < -0.4 is 5.32 Å². The minimum Gasteiger partial charge on any atom is -0.506 e. The third-order valence-electron chi connectivity index (χ3n) is 3.62. The van der Waals surface area contributed by atoms with Gasteiger partial charge in [0.25, 0.3) is 0 Å². The second-order valence-electron chi connectivity index (χ2n) is 5.17. The molecule has 0 amide bonds. The molecule has 1 aromatic carbocycles. The first-order chi connectivity index (χ1) is 10.1. The predicted octanol–water partition coefficient (Wildman–Crippen LogP) is 4.08. The highest BCUT2D eigenvalue weighted by Gasteiger charge is 2.21. The summed E-state index contributed by atoms with van der Waals surface area (Å²) in [4.78, 5) is 5.67. The van der Waals surface area contributed by atoms with E-state index in [1.807, 2.05) is 36.9 Å². The van der Waals surface area contributed by atoms with Gasteiger partial charge in [0.15, 0.2) is 0 Å². The Kier molecular flexibility index (Phi) is 4.38. The molecule has 1 aromatic heterocycles. The normalized spacial score (nSPS) is 17.5.